The van der Waals surface area contributed by atoms with Gasteiger partial charge in [-0.05, 0) is 6.42 Å². The molecule has 0 bridgehead atoms. The van der Waals surface area contributed by atoms with Gasteiger partial charge in [-0.25, -0.2) is 4.79 Å². The van der Waals surface area contributed by atoms with E-state index in [1.165, 1.54) is 6.33 Å². The van der Waals surface area contributed by atoms with Gasteiger partial charge in [0.15, 0.2) is 0 Å². The first-order chi connectivity index (χ1) is 9.08. The van der Waals surface area contributed by atoms with Gasteiger partial charge in [0, 0.05) is 33.9 Å². The number of carbonyl (C=O) groups excluding carboxylic acids is 1. The number of nitrogens with two attached hydrogens (primary N) is 1. The number of rotatable bonds is 7. The third-order valence-electron chi connectivity index (χ3n) is 2.64. The first-order valence-corrected chi connectivity index (χ1v) is 7.61. The Bertz CT molecular complexity index is 401. The molecule has 1 rings (SSSR count). The van der Waals surface area contributed by atoms with Gasteiger partial charge in [0.2, 0.25) is 5.95 Å². The smallest absolute Gasteiger partial charge is 0.377 e. The van der Waals surface area contributed by atoms with Gasteiger partial charge in [-0.3, -0.25) is 0 Å². The summed E-state index contributed by atoms with van der Waals surface area (Å²) >= 11 is 0. The molecule has 0 unspecified atom stereocenters. The van der Waals surface area contributed by atoms with Gasteiger partial charge in [0.1, 0.15) is 6.33 Å². The van der Waals surface area contributed by atoms with Gasteiger partial charge in [-0.15, -0.1) is 9.78 Å². The maximum Gasteiger partial charge on any atom is 0.500 e. The average Bonchev–Trinajstić information content (AvgIpc) is 2.86. The average molecular weight is 289 g/mol. The highest BCUT2D eigenvalue weighted by Gasteiger charge is 2.36. The van der Waals surface area contributed by atoms with Crippen molar-refractivity contribution in [1.82, 2.24) is 20.1 Å². The van der Waals surface area contributed by atoms with E-state index < -0.39 is 14.8 Å². The molecule has 0 atom stereocenters. The van der Waals surface area contributed by atoms with E-state index in [4.69, 9.17) is 19.0 Å². The second-order valence-corrected chi connectivity index (χ2v) is 6.75. The first-order valence-electron chi connectivity index (χ1n) is 5.67. The van der Waals surface area contributed by atoms with E-state index in [0.717, 1.165) is 4.68 Å². The minimum Gasteiger partial charge on any atom is -0.377 e. The zero-order valence-corrected chi connectivity index (χ0v) is 12.3. The Morgan fingerprint density at radius 3 is 2.53 bits per heavy atom. The highest BCUT2D eigenvalue weighted by atomic mass is 28.4. The lowest BCUT2D eigenvalue weighted by molar-refractivity contribution is 0.123. The van der Waals surface area contributed by atoms with Crippen molar-refractivity contribution in [1.29, 1.82) is 0 Å². The Balaban J connectivity index is 2.35. The maximum atomic E-state index is 11.6. The van der Waals surface area contributed by atoms with E-state index in [0.29, 0.717) is 19.0 Å². The molecule has 1 heterocycles. The third-order valence-corrected chi connectivity index (χ3v) is 5.47. The zero-order chi connectivity index (χ0) is 14.3. The van der Waals surface area contributed by atoms with Crippen LogP contribution in [0, 0.1) is 0 Å². The summed E-state index contributed by atoms with van der Waals surface area (Å²) in [6.07, 6.45) is 1.87. The van der Waals surface area contributed by atoms with Crippen LogP contribution in [0.5, 0.6) is 0 Å². The van der Waals surface area contributed by atoms with Crippen LogP contribution >= 0.6 is 0 Å². The summed E-state index contributed by atoms with van der Waals surface area (Å²) in [5.74, 6) is 0.0481. The number of amides is 1. The number of nitrogens with zero attached hydrogens (tertiary/aromatic N) is 3. The van der Waals surface area contributed by atoms with E-state index in [2.05, 4.69) is 15.4 Å². The van der Waals surface area contributed by atoms with Crippen LogP contribution in [-0.2, 0) is 13.3 Å². The van der Waals surface area contributed by atoms with Gasteiger partial charge in [-0.1, -0.05) is 0 Å². The summed E-state index contributed by atoms with van der Waals surface area (Å²) in [5, 5.41) is 6.36. The molecule has 3 N–H and O–H groups in total. The molecule has 0 spiro atoms. The molecule has 19 heavy (non-hydrogen) atoms. The molecule has 108 valence electrons. The van der Waals surface area contributed by atoms with Gasteiger partial charge >= 0.3 is 14.8 Å². The molecule has 0 aliphatic carbocycles. The number of anilines is 1. The van der Waals surface area contributed by atoms with Crippen LogP contribution in [0.1, 0.15) is 6.42 Å². The summed E-state index contributed by atoms with van der Waals surface area (Å²) in [6, 6.07) is 0.179. The second-order valence-electron chi connectivity index (χ2n) is 3.66. The molecular formula is C9H19N5O4Si. The molecule has 9 nitrogen and oxygen atoms in total. The number of aromatic nitrogens is 3. The Morgan fingerprint density at radius 1 is 1.42 bits per heavy atom. The highest BCUT2D eigenvalue weighted by Crippen LogP contribution is 2.14. The fourth-order valence-corrected chi connectivity index (χ4v) is 3.26. The number of nitrogen functional groups attached to an aromatic ring is 1. The first kappa shape index (κ1) is 15.6. The van der Waals surface area contributed by atoms with Crippen LogP contribution in [0.2, 0.25) is 6.04 Å². The topological polar surface area (TPSA) is 114 Å². The van der Waals surface area contributed by atoms with Crippen LogP contribution in [0.3, 0.4) is 0 Å². The molecule has 10 heteroatoms. The van der Waals surface area contributed by atoms with Crippen molar-refractivity contribution in [2.45, 2.75) is 12.5 Å². The van der Waals surface area contributed by atoms with Crippen LogP contribution in [0.4, 0.5) is 10.7 Å². The van der Waals surface area contributed by atoms with Gasteiger partial charge in [-0.2, -0.15) is 4.98 Å². The molecule has 1 aromatic heterocycles. The lowest BCUT2D eigenvalue weighted by atomic mass is 10.5. The van der Waals surface area contributed by atoms with E-state index in [-0.39, 0.29) is 5.95 Å². The van der Waals surface area contributed by atoms with Gasteiger partial charge in [0.25, 0.3) is 0 Å². The van der Waals surface area contributed by atoms with Crippen LogP contribution < -0.4 is 11.1 Å². The Kier molecular flexibility index (Phi) is 5.88. The van der Waals surface area contributed by atoms with Crippen molar-refractivity contribution in [3.05, 3.63) is 6.33 Å². The quantitative estimate of drug-likeness (QED) is 0.522. The molecule has 0 aliphatic heterocycles. The lowest BCUT2D eigenvalue weighted by Crippen LogP contribution is -2.43. The molecule has 0 aliphatic rings. The van der Waals surface area contributed by atoms with Crippen LogP contribution in [-0.4, -0.2) is 57.5 Å². The predicted octanol–water partition coefficient (Wildman–Crippen LogP) is -0.314. The maximum absolute atomic E-state index is 11.6. The molecular weight excluding hydrogens is 270 g/mol. The molecule has 0 aromatic carbocycles. The Morgan fingerprint density at radius 2 is 2.05 bits per heavy atom. The fourth-order valence-electron chi connectivity index (χ4n) is 1.54. The normalized spacial score (nSPS) is 11.5. The summed E-state index contributed by atoms with van der Waals surface area (Å²) in [5.41, 5.74) is 5.45. The summed E-state index contributed by atoms with van der Waals surface area (Å²) < 4.78 is 16.8. The van der Waals surface area contributed by atoms with Crippen molar-refractivity contribution < 1.29 is 18.1 Å². The predicted molar refractivity (Wildman–Crippen MR) is 69.4 cm³/mol. The van der Waals surface area contributed by atoms with Crippen molar-refractivity contribution in [2.24, 2.45) is 0 Å². The molecule has 0 saturated heterocycles. The van der Waals surface area contributed by atoms with Gasteiger partial charge in [0.05, 0.1) is 0 Å². The highest BCUT2D eigenvalue weighted by molar-refractivity contribution is 6.60. The second kappa shape index (κ2) is 7.18. The van der Waals surface area contributed by atoms with Crippen molar-refractivity contribution in [3.63, 3.8) is 0 Å². The van der Waals surface area contributed by atoms with Crippen LogP contribution in [0.25, 0.3) is 0 Å². The van der Waals surface area contributed by atoms with Crippen molar-refractivity contribution in [3.8, 4) is 0 Å². The van der Waals surface area contributed by atoms with Gasteiger partial charge < -0.3 is 24.3 Å². The monoisotopic (exact) mass is 289 g/mol. The Labute approximate surface area is 112 Å². The van der Waals surface area contributed by atoms with Crippen molar-refractivity contribution in [2.75, 3.05) is 33.6 Å². The fraction of sp³-hybridized carbons (Fsp3) is 0.667. The van der Waals surface area contributed by atoms with E-state index >= 15 is 0 Å². The zero-order valence-electron chi connectivity index (χ0n) is 11.3. The molecule has 0 fully saturated rings. The van der Waals surface area contributed by atoms with E-state index in [1.54, 1.807) is 21.3 Å². The summed E-state index contributed by atoms with van der Waals surface area (Å²) in [4.78, 5) is 15.3. The standard InChI is InChI=1S/C9H19N5O4Si/c1-16-19(17-2,18-3)6-4-5-11-9(15)14-8(10)12-7-13-14/h7H,4-6H2,1-3H3,(H,11,15)(H2,10,12,13). The largest absolute Gasteiger partial charge is 0.500 e. The van der Waals surface area contributed by atoms with Crippen LogP contribution in [0.15, 0.2) is 6.33 Å². The SMILES string of the molecule is CO[Si](CCCNC(=O)n1ncnc1N)(OC)OC. The molecule has 0 radical (unpaired) electrons. The number of hydrogen-bond acceptors (Lipinski definition) is 7. The summed E-state index contributed by atoms with van der Waals surface area (Å²) in [6.45, 7) is 0.433. The van der Waals surface area contributed by atoms with Crippen molar-refractivity contribution >= 4 is 20.8 Å². The third kappa shape index (κ3) is 3.99. The molecule has 1 amide bonds. The van der Waals surface area contributed by atoms with E-state index in [1.807, 2.05) is 0 Å². The molecule has 1 aromatic rings. The number of hydrogen-bond donors (Lipinski definition) is 2. The number of carbonyl (C=O) groups is 1. The lowest BCUT2D eigenvalue weighted by Gasteiger charge is -2.24. The van der Waals surface area contributed by atoms with E-state index in [9.17, 15) is 4.79 Å². The Hall–Kier alpha value is -1.49. The number of nitrogens with one attached hydrogen (secondary N) is 1. The molecule has 0 saturated carbocycles. The summed E-state index contributed by atoms with van der Waals surface area (Å²) in [7, 11) is 2.07. The minimum absolute atomic E-state index is 0.0481. The minimum atomic E-state index is -2.58.